The summed E-state index contributed by atoms with van der Waals surface area (Å²) in [4.78, 5) is 11.5. The van der Waals surface area contributed by atoms with Gasteiger partial charge in [-0.3, -0.25) is 4.68 Å². The number of benzene rings is 3. The first-order chi connectivity index (χ1) is 15.5. The van der Waals surface area contributed by atoms with Crippen LogP contribution in [0.5, 0.6) is 5.75 Å². The van der Waals surface area contributed by atoms with Gasteiger partial charge in [-0.1, -0.05) is 29.8 Å². The first kappa shape index (κ1) is 20.5. The molecule has 4 aromatic rings. The van der Waals surface area contributed by atoms with Gasteiger partial charge in [-0.05, 0) is 60.7 Å². The SMILES string of the molecule is O=C(O)c1cccc2c1cnn2Cc1cc(C2CC2)ccc1OCc1ccc(Cl)cc1F. The number of hydrogen-bond acceptors (Lipinski definition) is 3. The molecule has 1 saturated carbocycles. The van der Waals surface area contributed by atoms with Crippen molar-refractivity contribution in [2.75, 3.05) is 0 Å². The van der Waals surface area contributed by atoms with Gasteiger partial charge < -0.3 is 9.84 Å². The fourth-order valence-corrected chi connectivity index (χ4v) is 4.06. The Morgan fingerprint density at radius 3 is 2.75 bits per heavy atom. The molecule has 5 nitrogen and oxygen atoms in total. The highest BCUT2D eigenvalue weighted by Gasteiger charge is 2.24. The maximum Gasteiger partial charge on any atom is 0.336 e. The molecule has 1 heterocycles. The van der Waals surface area contributed by atoms with Gasteiger partial charge in [0.2, 0.25) is 0 Å². The second-order valence-electron chi connectivity index (χ2n) is 8.01. The lowest BCUT2D eigenvalue weighted by Crippen LogP contribution is -2.06. The third-order valence-corrected chi connectivity index (χ3v) is 6.00. The number of nitrogens with zero attached hydrogens (tertiary/aromatic N) is 2. The predicted molar refractivity (Wildman–Crippen MR) is 120 cm³/mol. The molecular formula is C25H20ClFN2O3. The van der Waals surface area contributed by atoms with Crippen LogP contribution in [-0.2, 0) is 13.2 Å². The van der Waals surface area contributed by atoms with Crippen molar-refractivity contribution in [1.82, 2.24) is 9.78 Å². The Labute approximate surface area is 189 Å². The Kier molecular flexibility index (Phi) is 5.31. The number of rotatable bonds is 7. The maximum absolute atomic E-state index is 14.2. The van der Waals surface area contributed by atoms with Gasteiger partial charge in [0.25, 0.3) is 0 Å². The molecule has 0 radical (unpaired) electrons. The van der Waals surface area contributed by atoms with Crippen LogP contribution in [0.2, 0.25) is 5.02 Å². The molecule has 1 aliphatic carbocycles. The Morgan fingerprint density at radius 2 is 2.00 bits per heavy atom. The summed E-state index contributed by atoms with van der Waals surface area (Å²) in [5, 5.41) is 14.8. The highest BCUT2D eigenvalue weighted by Crippen LogP contribution is 2.41. The normalized spacial score (nSPS) is 13.4. The number of ether oxygens (including phenoxy) is 1. The summed E-state index contributed by atoms with van der Waals surface area (Å²) in [6.07, 6.45) is 3.91. The summed E-state index contributed by atoms with van der Waals surface area (Å²) >= 11 is 5.84. The van der Waals surface area contributed by atoms with Crippen molar-refractivity contribution in [3.63, 3.8) is 0 Å². The van der Waals surface area contributed by atoms with E-state index in [-0.39, 0.29) is 12.2 Å². The van der Waals surface area contributed by atoms with Crippen LogP contribution in [0.25, 0.3) is 10.9 Å². The molecule has 0 spiro atoms. The lowest BCUT2D eigenvalue weighted by molar-refractivity contribution is 0.0699. The number of carbonyl (C=O) groups is 1. The van der Waals surface area contributed by atoms with E-state index in [1.165, 1.54) is 24.5 Å². The number of carboxylic acid groups (broad SMARTS) is 1. The summed E-state index contributed by atoms with van der Waals surface area (Å²) in [6, 6.07) is 15.7. The average molecular weight is 451 g/mol. The molecule has 1 N–H and O–H groups in total. The van der Waals surface area contributed by atoms with Crippen LogP contribution >= 0.6 is 11.6 Å². The van der Waals surface area contributed by atoms with Crippen molar-refractivity contribution in [1.29, 1.82) is 0 Å². The second kappa shape index (κ2) is 8.28. The lowest BCUT2D eigenvalue weighted by atomic mass is 10.1. The summed E-state index contributed by atoms with van der Waals surface area (Å²) < 4.78 is 22.0. The maximum atomic E-state index is 14.2. The van der Waals surface area contributed by atoms with Gasteiger partial charge in [0, 0.05) is 21.5 Å². The zero-order chi connectivity index (χ0) is 22.2. The fraction of sp³-hybridized carbons (Fsp3) is 0.200. The van der Waals surface area contributed by atoms with Crippen LogP contribution in [0.4, 0.5) is 4.39 Å². The summed E-state index contributed by atoms with van der Waals surface area (Å²) in [5.74, 6) is -0.195. The molecule has 0 saturated heterocycles. The molecule has 0 unspecified atom stereocenters. The largest absolute Gasteiger partial charge is 0.488 e. The number of hydrogen-bond donors (Lipinski definition) is 1. The van der Waals surface area contributed by atoms with Crippen LogP contribution in [0.3, 0.4) is 0 Å². The standard InChI is InChI=1S/C25H20ClFN2O3/c26-19-8-6-17(22(27)11-19)14-32-24-9-7-16(15-4-5-15)10-18(24)13-29-23-3-1-2-20(25(30)31)21(23)12-28-29/h1-3,6-12,15H,4-5,13-14H2,(H,30,31). The minimum atomic E-state index is -0.986. The molecule has 1 aliphatic rings. The molecule has 162 valence electrons. The highest BCUT2D eigenvalue weighted by molar-refractivity contribution is 6.30. The quantitative estimate of drug-likeness (QED) is 0.373. The van der Waals surface area contributed by atoms with Crippen molar-refractivity contribution in [2.24, 2.45) is 0 Å². The molecule has 7 heteroatoms. The van der Waals surface area contributed by atoms with Crippen molar-refractivity contribution in [2.45, 2.75) is 31.9 Å². The minimum absolute atomic E-state index is 0.0712. The fourth-order valence-electron chi connectivity index (χ4n) is 3.91. The van der Waals surface area contributed by atoms with Crippen molar-refractivity contribution in [3.05, 3.63) is 93.9 Å². The van der Waals surface area contributed by atoms with Crippen molar-refractivity contribution < 1.29 is 19.0 Å². The third-order valence-electron chi connectivity index (χ3n) is 5.77. The predicted octanol–water partition coefficient (Wildman–Crippen LogP) is 6.03. The molecule has 0 amide bonds. The van der Waals surface area contributed by atoms with E-state index in [2.05, 4.69) is 17.2 Å². The molecule has 0 bridgehead atoms. The van der Waals surface area contributed by atoms with Crippen LogP contribution in [0, 0.1) is 5.82 Å². The molecule has 32 heavy (non-hydrogen) atoms. The molecule has 0 aliphatic heterocycles. The van der Waals surface area contributed by atoms with Gasteiger partial charge in [-0.2, -0.15) is 5.10 Å². The monoisotopic (exact) mass is 450 g/mol. The number of carboxylic acids is 1. The van der Waals surface area contributed by atoms with Crippen LogP contribution in [0.15, 0.2) is 60.8 Å². The van der Waals surface area contributed by atoms with Gasteiger partial charge >= 0.3 is 5.97 Å². The van der Waals surface area contributed by atoms with Crippen LogP contribution in [-0.4, -0.2) is 20.9 Å². The molecule has 5 rings (SSSR count). The van der Waals surface area contributed by atoms with Gasteiger partial charge in [0.05, 0.1) is 23.8 Å². The van der Waals surface area contributed by atoms with E-state index in [0.29, 0.717) is 34.2 Å². The zero-order valence-electron chi connectivity index (χ0n) is 17.1. The van der Waals surface area contributed by atoms with Crippen molar-refractivity contribution in [3.8, 4) is 5.75 Å². The number of aromatic carboxylic acids is 1. The van der Waals surface area contributed by atoms with Gasteiger partial charge in [-0.25, -0.2) is 9.18 Å². The number of aromatic nitrogens is 2. The summed E-state index contributed by atoms with van der Waals surface area (Å²) in [6.45, 7) is 0.480. The Bertz CT molecular complexity index is 1330. The van der Waals surface area contributed by atoms with E-state index in [1.54, 1.807) is 35.1 Å². The van der Waals surface area contributed by atoms with Gasteiger partial charge in [0.1, 0.15) is 18.2 Å². The molecule has 0 atom stereocenters. The van der Waals surface area contributed by atoms with E-state index in [4.69, 9.17) is 16.3 Å². The van der Waals surface area contributed by atoms with E-state index in [9.17, 15) is 14.3 Å². The minimum Gasteiger partial charge on any atom is -0.488 e. The first-order valence-electron chi connectivity index (χ1n) is 10.4. The van der Waals surface area contributed by atoms with Gasteiger partial charge in [-0.15, -0.1) is 0 Å². The third kappa shape index (κ3) is 4.06. The Hall–Kier alpha value is -3.38. The lowest BCUT2D eigenvalue weighted by Gasteiger charge is -2.15. The summed E-state index contributed by atoms with van der Waals surface area (Å²) in [7, 11) is 0. The summed E-state index contributed by atoms with van der Waals surface area (Å²) in [5.41, 5.74) is 3.52. The molecule has 1 fully saturated rings. The smallest absolute Gasteiger partial charge is 0.336 e. The van der Waals surface area contributed by atoms with E-state index in [1.807, 2.05) is 12.1 Å². The topological polar surface area (TPSA) is 64.3 Å². The average Bonchev–Trinajstić information content (AvgIpc) is 3.55. The van der Waals surface area contributed by atoms with E-state index in [0.717, 1.165) is 11.1 Å². The van der Waals surface area contributed by atoms with Gasteiger partial charge in [0.15, 0.2) is 0 Å². The number of halogens is 2. The second-order valence-corrected chi connectivity index (χ2v) is 8.45. The Morgan fingerprint density at radius 1 is 1.16 bits per heavy atom. The molecular weight excluding hydrogens is 431 g/mol. The number of fused-ring (bicyclic) bond motifs is 1. The van der Waals surface area contributed by atoms with E-state index < -0.39 is 11.8 Å². The van der Waals surface area contributed by atoms with Crippen molar-refractivity contribution >= 4 is 28.5 Å². The van der Waals surface area contributed by atoms with Crippen LogP contribution < -0.4 is 4.74 Å². The molecule has 3 aromatic carbocycles. The zero-order valence-corrected chi connectivity index (χ0v) is 17.8. The highest BCUT2D eigenvalue weighted by atomic mass is 35.5. The van der Waals surface area contributed by atoms with E-state index >= 15 is 0 Å². The molecule has 1 aromatic heterocycles. The Balaban J connectivity index is 1.47. The first-order valence-corrected chi connectivity index (χ1v) is 10.7. The van der Waals surface area contributed by atoms with Crippen LogP contribution in [0.1, 0.15) is 45.8 Å².